The molecule has 0 spiro atoms. The van der Waals surface area contributed by atoms with Crippen molar-refractivity contribution in [3.8, 4) is 0 Å². The molecule has 0 aliphatic heterocycles. The molecule has 0 bridgehead atoms. The van der Waals surface area contributed by atoms with E-state index >= 15 is 0 Å². The molecule has 0 radical (unpaired) electrons. The zero-order valence-electron chi connectivity index (χ0n) is 9.55. The molecule has 0 aliphatic carbocycles. The normalized spacial score (nSPS) is 11.8. The van der Waals surface area contributed by atoms with Crippen LogP contribution in [0.2, 0.25) is 0 Å². The van der Waals surface area contributed by atoms with E-state index in [1.165, 1.54) is 0 Å². The second-order valence-corrected chi connectivity index (χ2v) is 6.22. The number of nitrogens with zero attached hydrogens (tertiary/aromatic N) is 2. The minimum Gasteiger partial charge on any atom is -0.381 e. The first-order valence-electron chi connectivity index (χ1n) is 5.22. The Morgan fingerprint density at radius 1 is 1.41 bits per heavy atom. The Labute approximate surface area is 104 Å². The Bertz CT molecular complexity index is 432. The van der Waals surface area contributed by atoms with Crippen LogP contribution in [0.25, 0.3) is 0 Å². The maximum absolute atomic E-state index is 11.6. The second-order valence-electron chi connectivity index (χ2n) is 3.27. The molecule has 1 rings (SSSR count). The molecule has 0 fully saturated rings. The molecule has 17 heavy (non-hydrogen) atoms. The number of anilines is 1. The molecule has 7 nitrogen and oxygen atoms in total. The van der Waals surface area contributed by atoms with Gasteiger partial charge in [0.05, 0.1) is 0 Å². The van der Waals surface area contributed by atoms with Crippen molar-refractivity contribution in [3.05, 3.63) is 0 Å². The summed E-state index contributed by atoms with van der Waals surface area (Å²) in [5.74, 6) is 0. The third-order valence-corrected chi connectivity index (χ3v) is 4.34. The van der Waals surface area contributed by atoms with E-state index in [2.05, 4.69) is 14.9 Å². The Balaban J connectivity index is 2.31. The van der Waals surface area contributed by atoms with Gasteiger partial charge in [0, 0.05) is 19.8 Å². The van der Waals surface area contributed by atoms with Crippen LogP contribution in [-0.2, 0) is 14.8 Å². The van der Waals surface area contributed by atoms with Crippen molar-refractivity contribution in [2.45, 2.75) is 24.1 Å². The zero-order chi connectivity index (χ0) is 12.7. The van der Waals surface area contributed by atoms with Gasteiger partial charge in [-0.1, -0.05) is 18.3 Å². The molecule has 0 amide bonds. The Kier molecular flexibility index (Phi) is 5.75. The monoisotopic (exact) mass is 280 g/mol. The summed E-state index contributed by atoms with van der Waals surface area (Å²) in [5, 5.41) is 7.07. The van der Waals surface area contributed by atoms with E-state index < -0.39 is 10.0 Å². The van der Waals surface area contributed by atoms with Crippen LogP contribution in [-0.4, -0.2) is 38.4 Å². The fraction of sp³-hybridized carbons (Fsp3) is 0.750. The Morgan fingerprint density at radius 3 is 2.76 bits per heavy atom. The molecule has 1 aromatic heterocycles. The van der Waals surface area contributed by atoms with Gasteiger partial charge in [-0.05, 0) is 12.8 Å². The molecule has 98 valence electrons. The molecule has 3 N–H and O–H groups in total. The molecule has 9 heteroatoms. The molecular weight excluding hydrogens is 264 g/mol. The molecule has 0 unspecified atom stereocenters. The minimum absolute atomic E-state index is 0.107. The van der Waals surface area contributed by atoms with Crippen molar-refractivity contribution < 1.29 is 13.2 Å². The van der Waals surface area contributed by atoms with Gasteiger partial charge in [0.25, 0.3) is 10.0 Å². The van der Waals surface area contributed by atoms with E-state index in [1.54, 1.807) is 0 Å². The zero-order valence-corrected chi connectivity index (χ0v) is 11.2. The van der Waals surface area contributed by atoms with Gasteiger partial charge in [-0.25, -0.2) is 13.1 Å². The standard InChI is InChI=1S/C8H16N4O3S2/c1-2-5-15-6-3-4-10-17(13,14)8-12-11-7(9)16-8/h10H,2-6H2,1H3,(H2,9,11). The predicted octanol–water partition coefficient (Wildman–Crippen LogP) is 0.215. The van der Waals surface area contributed by atoms with Gasteiger partial charge in [0.15, 0.2) is 0 Å². The van der Waals surface area contributed by atoms with E-state index in [1.807, 2.05) is 6.92 Å². The quantitative estimate of drug-likeness (QED) is 0.659. The number of rotatable bonds is 8. The average molecular weight is 280 g/mol. The van der Waals surface area contributed by atoms with Crippen molar-refractivity contribution in [3.63, 3.8) is 0 Å². The summed E-state index contributed by atoms with van der Waals surface area (Å²) in [7, 11) is -3.57. The summed E-state index contributed by atoms with van der Waals surface area (Å²) in [6.45, 7) is 3.56. The first-order chi connectivity index (χ1) is 8.06. The van der Waals surface area contributed by atoms with Crippen LogP contribution in [0.1, 0.15) is 19.8 Å². The summed E-state index contributed by atoms with van der Waals surface area (Å²) in [6, 6.07) is 0. The smallest absolute Gasteiger partial charge is 0.269 e. The highest BCUT2D eigenvalue weighted by Crippen LogP contribution is 2.16. The lowest BCUT2D eigenvalue weighted by atomic mass is 10.4. The first-order valence-corrected chi connectivity index (χ1v) is 7.52. The minimum atomic E-state index is -3.57. The predicted molar refractivity (Wildman–Crippen MR) is 65.2 cm³/mol. The average Bonchev–Trinajstić information content (AvgIpc) is 2.71. The number of aromatic nitrogens is 2. The maximum atomic E-state index is 11.6. The number of nitrogens with one attached hydrogen (secondary N) is 1. The Morgan fingerprint density at radius 2 is 2.18 bits per heavy atom. The molecular formula is C8H16N4O3S2. The fourth-order valence-electron chi connectivity index (χ4n) is 1.02. The molecule has 0 saturated heterocycles. The summed E-state index contributed by atoms with van der Waals surface area (Å²) in [4.78, 5) is 0. The lowest BCUT2D eigenvalue weighted by Crippen LogP contribution is -2.25. The lowest BCUT2D eigenvalue weighted by Gasteiger charge is -2.04. The summed E-state index contributed by atoms with van der Waals surface area (Å²) in [6.07, 6.45) is 1.57. The van der Waals surface area contributed by atoms with Crippen LogP contribution in [0.4, 0.5) is 5.13 Å². The van der Waals surface area contributed by atoms with Crippen LogP contribution in [0.3, 0.4) is 0 Å². The van der Waals surface area contributed by atoms with E-state index in [4.69, 9.17) is 10.5 Å². The number of hydrogen-bond donors (Lipinski definition) is 2. The van der Waals surface area contributed by atoms with Gasteiger partial charge < -0.3 is 10.5 Å². The molecule has 1 aromatic rings. The maximum Gasteiger partial charge on any atom is 0.269 e. The van der Waals surface area contributed by atoms with E-state index in [0.29, 0.717) is 26.2 Å². The third kappa shape index (κ3) is 4.94. The van der Waals surface area contributed by atoms with Crippen molar-refractivity contribution in [2.75, 3.05) is 25.5 Å². The topological polar surface area (TPSA) is 107 Å². The van der Waals surface area contributed by atoms with Gasteiger partial charge in [0.2, 0.25) is 9.47 Å². The molecule has 0 aliphatic rings. The van der Waals surface area contributed by atoms with Gasteiger partial charge in [-0.15, -0.1) is 10.2 Å². The van der Waals surface area contributed by atoms with Crippen LogP contribution in [0.5, 0.6) is 0 Å². The van der Waals surface area contributed by atoms with Crippen LogP contribution in [0, 0.1) is 0 Å². The number of hydrogen-bond acceptors (Lipinski definition) is 7. The van der Waals surface area contributed by atoms with Crippen LogP contribution < -0.4 is 10.5 Å². The SMILES string of the molecule is CCCOCCCNS(=O)(=O)c1nnc(N)s1. The molecule has 1 heterocycles. The van der Waals surface area contributed by atoms with Crippen molar-refractivity contribution >= 4 is 26.5 Å². The highest BCUT2D eigenvalue weighted by molar-refractivity contribution is 7.91. The van der Waals surface area contributed by atoms with Gasteiger partial charge in [0.1, 0.15) is 0 Å². The van der Waals surface area contributed by atoms with Crippen molar-refractivity contribution in [2.24, 2.45) is 0 Å². The van der Waals surface area contributed by atoms with E-state index in [9.17, 15) is 8.42 Å². The van der Waals surface area contributed by atoms with Crippen molar-refractivity contribution in [1.82, 2.24) is 14.9 Å². The molecule has 0 aromatic carbocycles. The van der Waals surface area contributed by atoms with E-state index in [-0.39, 0.29) is 9.47 Å². The molecule has 0 saturated carbocycles. The number of sulfonamides is 1. The summed E-state index contributed by atoms with van der Waals surface area (Å²) < 4.78 is 30.8. The summed E-state index contributed by atoms with van der Waals surface area (Å²) in [5.41, 5.74) is 5.32. The van der Waals surface area contributed by atoms with Crippen LogP contribution in [0.15, 0.2) is 4.34 Å². The van der Waals surface area contributed by atoms with Crippen LogP contribution >= 0.6 is 11.3 Å². The molecule has 0 atom stereocenters. The highest BCUT2D eigenvalue weighted by atomic mass is 32.2. The number of nitrogen functional groups attached to an aromatic ring is 1. The lowest BCUT2D eigenvalue weighted by molar-refractivity contribution is 0.133. The summed E-state index contributed by atoms with van der Waals surface area (Å²) >= 11 is 0.840. The highest BCUT2D eigenvalue weighted by Gasteiger charge is 2.18. The van der Waals surface area contributed by atoms with E-state index in [0.717, 1.165) is 17.8 Å². The van der Waals surface area contributed by atoms with Crippen molar-refractivity contribution in [1.29, 1.82) is 0 Å². The fourth-order valence-corrected chi connectivity index (χ4v) is 2.92. The Hall–Kier alpha value is -0.770. The number of nitrogens with two attached hydrogens (primary N) is 1. The van der Waals surface area contributed by atoms with Gasteiger partial charge in [-0.3, -0.25) is 0 Å². The first kappa shape index (κ1) is 14.3. The van der Waals surface area contributed by atoms with Gasteiger partial charge in [-0.2, -0.15) is 0 Å². The third-order valence-electron chi connectivity index (χ3n) is 1.76. The van der Waals surface area contributed by atoms with Gasteiger partial charge >= 0.3 is 0 Å². The largest absolute Gasteiger partial charge is 0.381 e. The second kappa shape index (κ2) is 6.84. The number of ether oxygens (including phenoxy) is 1.